The van der Waals surface area contributed by atoms with E-state index in [-0.39, 0.29) is 6.04 Å². The average molecular weight is 332 g/mol. The molecule has 1 heterocycles. The third-order valence-electron chi connectivity index (χ3n) is 3.52. The van der Waals surface area contributed by atoms with Gasteiger partial charge in [-0.1, -0.05) is 6.92 Å². The van der Waals surface area contributed by atoms with Crippen molar-refractivity contribution in [1.29, 1.82) is 0 Å². The fourth-order valence-electron chi connectivity index (χ4n) is 2.00. The quantitative estimate of drug-likeness (QED) is 0.637. The Balaban J connectivity index is 1.80. The van der Waals surface area contributed by atoms with Crippen molar-refractivity contribution in [3.63, 3.8) is 0 Å². The van der Waals surface area contributed by atoms with E-state index in [1.807, 2.05) is 12.3 Å². The van der Waals surface area contributed by atoms with Gasteiger partial charge >= 0.3 is 0 Å². The SMILES string of the molecule is CCC(NS(=O)(=O)N(C)CCCNC1CC1)c1nccs1. The lowest BCUT2D eigenvalue weighted by Crippen LogP contribution is -2.41. The third kappa shape index (κ3) is 5.30. The Hall–Kier alpha value is -0.540. The predicted molar refractivity (Wildman–Crippen MR) is 85.5 cm³/mol. The summed E-state index contributed by atoms with van der Waals surface area (Å²) in [7, 11) is -1.84. The number of nitrogens with zero attached hydrogens (tertiary/aromatic N) is 2. The van der Waals surface area contributed by atoms with Gasteiger partial charge in [0.2, 0.25) is 0 Å². The van der Waals surface area contributed by atoms with Crippen molar-refractivity contribution in [3.8, 4) is 0 Å². The molecule has 6 nitrogen and oxygen atoms in total. The van der Waals surface area contributed by atoms with Crippen LogP contribution < -0.4 is 10.0 Å². The van der Waals surface area contributed by atoms with Gasteiger partial charge in [0.15, 0.2) is 0 Å². The summed E-state index contributed by atoms with van der Waals surface area (Å²) in [6.07, 6.45) is 5.71. The summed E-state index contributed by atoms with van der Waals surface area (Å²) in [5.74, 6) is 0. The van der Waals surface area contributed by atoms with Crippen molar-refractivity contribution in [2.24, 2.45) is 0 Å². The first-order valence-electron chi connectivity index (χ1n) is 7.39. The van der Waals surface area contributed by atoms with Crippen LogP contribution in [0.5, 0.6) is 0 Å². The lowest BCUT2D eigenvalue weighted by Gasteiger charge is -2.21. The van der Waals surface area contributed by atoms with Gasteiger partial charge in [-0.2, -0.15) is 17.4 Å². The van der Waals surface area contributed by atoms with Gasteiger partial charge in [-0.15, -0.1) is 11.3 Å². The van der Waals surface area contributed by atoms with Gasteiger partial charge < -0.3 is 5.32 Å². The van der Waals surface area contributed by atoms with Gasteiger partial charge in [-0.25, -0.2) is 4.98 Å². The highest BCUT2D eigenvalue weighted by Gasteiger charge is 2.24. The van der Waals surface area contributed by atoms with Crippen molar-refractivity contribution >= 4 is 21.5 Å². The van der Waals surface area contributed by atoms with E-state index >= 15 is 0 Å². The van der Waals surface area contributed by atoms with Crippen LogP contribution in [0.4, 0.5) is 0 Å². The van der Waals surface area contributed by atoms with E-state index in [4.69, 9.17) is 0 Å². The van der Waals surface area contributed by atoms with Crippen molar-refractivity contribution in [2.45, 2.75) is 44.7 Å². The molecule has 1 aromatic rings. The molecule has 0 aliphatic heterocycles. The second kappa shape index (κ2) is 7.64. The van der Waals surface area contributed by atoms with Crippen LogP contribution in [0.1, 0.15) is 43.7 Å². The molecule has 1 unspecified atom stereocenters. The molecule has 0 bridgehead atoms. The molecule has 1 aromatic heterocycles. The molecule has 0 saturated heterocycles. The first-order chi connectivity index (χ1) is 10.0. The van der Waals surface area contributed by atoms with Crippen LogP contribution >= 0.6 is 11.3 Å². The Morgan fingerprint density at radius 2 is 2.29 bits per heavy atom. The molecule has 2 N–H and O–H groups in total. The standard InChI is InChI=1S/C13H24N4O2S2/c1-3-12(13-15-8-10-20-13)16-21(18,19)17(2)9-4-7-14-11-5-6-11/h8,10-12,14,16H,3-7,9H2,1-2H3. The summed E-state index contributed by atoms with van der Waals surface area (Å²) in [6, 6.07) is 0.418. The molecule has 0 amide bonds. The highest BCUT2D eigenvalue weighted by molar-refractivity contribution is 7.87. The van der Waals surface area contributed by atoms with Crippen LogP contribution in [0.3, 0.4) is 0 Å². The predicted octanol–water partition coefficient (Wildman–Crippen LogP) is 1.50. The maximum Gasteiger partial charge on any atom is 0.279 e. The fourth-order valence-corrected chi connectivity index (χ4v) is 4.03. The van der Waals surface area contributed by atoms with Gasteiger partial charge in [0.1, 0.15) is 5.01 Å². The topological polar surface area (TPSA) is 74.3 Å². The summed E-state index contributed by atoms with van der Waals surface area (Å²) < 4.78 is 28.7. The van der Waals surface area contributed by atoms with Crippen LogP contribution in [0, 0.1) is 0 Å². The summed E-state index contributed by atoms with van der Waals surface area (Å²) in [5, 5.41) is 6.06. The van der Waals surface area contributed by atoms with E-state index in [1.165, 1.54) is 28.5 Å². The largest absolute Gasteiger partial charge is 0.314 e. The Kier molecular flexibility index (Phi) is 6.12. The molecule has 1 atom stereocenters. The molecule has 1 fully saturated rings. The van der Waals surface area contributed by atoms with Crippen molar-refractivity contribution in [2.75, 3.05) is 20.1 Å². The van der Waals surface area contributed by atoms with E-state index in [0.29, 0.717) is 19.0 Å². The minimum atomic E-state index is -3.46. The zero-order valence-electron chi connectivity index (χ0n) is 12.6. The minimum absolute atomic E-state index is 0.248. The molecule has 1 saturated carbocycles. The van der Waals surface area contributed by atoms with Gasteiger partial charge in [-0.05, 0) is 32.2 Å². The van der Waals surface area contributed by atoms with Gasteiger partial charge in [0.05, 0.1) is 6.04 Å². The van der Waals surface area contributed by atoms with Crippen molar-refractivity contribution < 1.29 is 8.42 Å². The number of hydrogen-bond acceptors (Lipinski definition) is 5. The molecule has 0 radical (unpaired) electrons. The minimum Gasteiger partial charge on any atom is -0.314 e. The second-order valence-corrected chi connectivity index (χ2v) is 8.09. The molecule has 8 heteroatoms. The summed E-state index contributed by atoms with van der Waals surface area (Å²) >= 11 is 1.47. The maximum atomic E-state index is 12.3. The molecule has 1 aliphatic carbocycles. The Morgan fingerprint density at radius 3 is 2.86 bits per heavy atom. The summed E-state index contributed by atoms with van der Waals surface area (Å²) in [4.78, 5) is 4.20. The number of rotatable bonds is 10. The summed E-state index contributed by atoms with van der Waals surface area (Å²) in [5.41, 5.74) is 0. The monoisotopic (exact) mass is 332 g/mol. The van der Waals surface area contributed by atoms with Crippen LogP contribution in [0.15, 0.2) is 11.6 Å². The Bertz CT molecular complexity index is 514. The van der Waals surface area contributed by atoms with Gasteiger partial charge in [0, 0.05) is 31.2 Å². The Morgan fingerprint density at radius 1 is 1.52 bits per heavy atom. The highest BCUT2D eigenvalue weighted by atomic mass is 32.2. The van der Waals surface area contributed by atoms with E-state index in [1.54, 1.807) is 13.2 Å². The van der Waals surface area contributed by atoms with Crippen LogP contribution in [0.2, 0.25) is 0 Å². The molecule has 120 valence electrons. The lowest BCUT2D eigenvalue weighted by molar-refractivity contribution is 0.433. The highest BCUT2D eigenvalue weighted by Crippen LogP contribution is 2.20. The first-order valence-corrected chi connectivity index (χ1v) is 9.71. The number of nitrogens with one attached hydrogen (secondary N) is 2. The molecule has 0 spiro atoms. The number of thiazole rings is 1. The van der Waals surface area contributed by atoms with Crippen molar-refractivity contribution in [1.82, 2.24) is 19.3 Å². The molecular weight excluding hydrogens is 308 g/mol. The van der Waals surface area contributed by atoms with E-state index < -0.39 is 10.2 Å². The fraction of sp³-hybridized carbons (Fsp3) is 0.769. The van der Waals surface area contributed by atoms with E-state index in [0.717, 1.165) is 18.0 Å². The van der Waals surface area contributed by atoms with Crippen molar-refractivity contribution in [3.05, 3.63) is 16.6 Å². The number of aromatic nitrogens is 1. The van der Waals surface area contributed by atoms with Crippen LogP contribution in [0.25, 0.3) is 0 Å². The second-order valence-electron chi connectivity index (χ2n) is 5.36. The molecule has 0 aromatic carbocycles. The molecule has 21 heavy (non-hydrogen) atoms. The first kappa shape index (κ1) is 16.8. The van der Waals surface area contributed by atoms with Gasteiger partial charge in [0.25, 0.3) is 10.2 Å². The smallest absolute Gasteiger partial charge is 0.279 e. The van der Waals surface area contributed by atoms with Gasteiger partial charge in [-0.3, -0.25) is 0 Å². The van der Waals surface area contributed by atoms with E-state index in [9.17, 15) is 8.42 Å². The summed E-state index contributed by atoms with van der Waals surface area (Å²) in [6.45, 7) is 3.34. The zero-order chi connectivity index (χ0) is 15.3. The zero-order valence-corrected chi connectivity index (χ0v) is 14.2. The molecule has 1 aliphatic rings. The molecule has 2 rings (SSSR count). The third-order valence-corrected chi connectivity index (χ3v) is 5.99. The normalized spacial score (nSPS) is 17.3. The average Bonchev–Trinajstić information content (AvgIpc) is 3.12. The van der Waals surface area contributed by atoms with E-state index in [2.05, 4.69) is 15.0 Å². The van der Waals surface area contributed by atoms with Crippen LogP contribution in [-0.4, -0.2) is 43.9 Å². The number of hydrogen-bond donors (Lipinski definition) is 2. The lowest BCUT2D eigenvalue weighted by atomic mass is 10.3. The Labute approximate surface area is 131 Å². The van der Waals surface area contributed by atoms with Crippen LogP contribution in [-0.2, 0) is 10.2 Å². The molecular formula is C13H24N4O2S2. The maximum absolute atomic E-state index is 12.3.